The molecule has 0 aromatic rings. The molecule has 1 N–H and O–H groups in total. The van der Waals surface area contributed by atoms with Gasteiger partial charge in [0.05, 0.1) is 25.0 Å². The molecule has 0 radical (unpaired) electrons. The first-order valence-electron chi connectivity index (χ1n) is 15.3. The molecule has 0 spiro atoms. The van der Waals surface area contributed by atoms with E-state index in [1.807, 2.05) is 6.08 Å². The Morgan fingerprint density at radius 2 is 1.85 bits per heavy atom. The van der Waals surface area contributed by atoms with Gasteiger partial charge < -0.3 is 15.0 Å². The van der Waals surface area contributed by atoms with Crippen molar-refractivity contribution in [3.63, 3.8) is 0 Å². The molecule has 3 saturated carbocycles. The van der Waals surface area contributed by atoms with Crippen molar-refractivity contribution in [3.05, 3.63) is 11.6 Å². The van der Waals surface area contributed by atoms with Crippen LogP contribution in [0.5, 0.6) is 0 Å². The van der Waals surface area contributed by atoms with Gasteiger partial charge in [-0.1, -0.05) is 24.6 Å². The van der Waals surface area contributed by atoms with Crippen molar-refractivity contribution in [3.8, 4) is 0 Å². The van der Waals surface area contributed by atoms with Crippen LogP contribution in [0, 0.1) is 34.5 Å². The lowest BCUT2D eigenvalue weighted by molar-refractivity contribution is -0.117. The maximum atomic E-state index is 13.1. The van der Waals surface area contributed by atoms with Crippen molar-refractivity contribution in [2.24, 2.45) is 39.7 Å². The molecule has 0 unspecified atom stereocenters. The number of carbonyl (C=O) groups is 2. The second kappa shape index (κ2) is 11.6. The van der Waals surface area contributed by atoms with Crippen molar-refractivity contribution in [1.29, 1.82) is 0 Å². The Labute approximate surface area is 234 Å². The first-order valence-corrected chi connectivity index (χ1v) is 15.3. The standard InChI is InChI=1S/C31H50N4O4/c1-21(33-39-29(37)35(23-19-38-20-23)17-15-32-14-16-34(4)5)26-8-9-27-25-7-6-22-18-24(36)10-12-30(22,2)28(25)11-13-31(26,27)3/h18,23,25-28,32H,6-17,19-20H2,1-5H3/b33-21+/t25-,26+,27-,28-,30-,31+/m0/s1. The minimum atomic E-state index is -0.369. The highest BCUT2D eigenvalue weighted by Crippen LogP contribution is 2.66. The van der Waals surface area contributed by atoms with Crippen LogP contribution in [0.15, 0.2) is 16.8 Å². The molecule has 0 bridgehead atoms. The predicted octanol–water partition coefficient (Wildman–Crippen LogP) is 4.50. The van der Waals surface area contributed by atoms with Gasteiger partial charge in [0.2, 0.25) is 0 Å². The average molecular weight is 543 g/mol. The number of hydrogen-bond acceptors (Lipinski definition) is 7. The molecule has 8 nitrogen and oxygen atoms in total. The molecule has 6 atom stereocenters. The van der Waals surface area contributed by atoms with Crippen LogP contribution >= 0.6 is 0 Å². The van der Waals surface area contributed by atoms with Gasteiger partial charge in [0, 0.05) is 38.5 Å². The summed E-state index contributed by atoms with van der Waals surface area (Å²) in [6.45, 7) is 11.2. The molecule has 8 heteroatoms. The number of hydrogen-bond donors (Lipinski definition) is 1. The van der Waals surface area contributed by atoms with E-state index in [1.165, 1.54) is 31.3 Å². The van der Waals surface area contributed by atoms with E-state index in [0.29, 0.717) is 55.6 Å². The third-order valence-corrected chi connectivity index (χ3v) is 11.3. The Morgan fingerprint density at radius 3 is 2.56 bits per heavy atom. The van der Waals surface area contributed by atoms with E-state index in [2.05, 4.69) is 50.2 Å². The summed E-state index contributed by atoms with van der Waals surface area (Å²) in [4.78, 5) is 34.7. The van der Waals surface area contributed by atoms with Gasteiger partial charge in [0.15, 0.2) is 5.78 Å². The average Bonchev–Trinajstić information content (AvgIpc) is 3.22. The van der Waals surface area contributed by atoms with Gasteiger partial charge in [-0.2, -0.15) is 0 Å². The minimum Gasteiger partial charge on any atom is -0.377 e. The predicted molar refractivity (Wildman–Crippen MR) is 153 cm³/mol. The van der Waals surface area contributed by atoms with E-state index in [-0.39, 0.29) is 23.0 Å². The lowest BCUT2D eigenvalue weighted by Gasteiger charge is -2.58. The Kier molecular flexibility index (Phi) is 8.56. The number of ether oxygens (including phenoxy) is 1. The van der Waals surface area contributed by atoms with Crippen molar-refractivity contribution in [2.75, 3.05) is 53.5 Å². The number of nitrogens with one attached hydrogen (secondary N) is 1. The molecule has 1 amide bonds. The molecule has 5 rings (SSSR count). The normalized spacial score (nSPS) is 36.5. The molecule has 218 valence electrons. The number of nitrogens with zero attached hydrogens (tertiary/aromatic N) is 3. The van der Waals surface area contributed by atoms with Crippen LogP contribution in [-0.4, -0.2) is 86.9 Å². The molecule has 39 heavy (non-hydrogen) atoms. The molecule has 5 aliphatic rings. The van der Waals surface area contributed by atoms with Gasteiger partial charge in [-0.05, 0) is 101 Å². The first-order chi connectivity index (χ1) is 18.6. The summed E-state index contributed by atoms with van der Waals surface area (Å²) in [6, 6.07) is 0.0639. The molecule has 1 heterocycles. The topological polar surface area (TPSA) is 83.5 Å². The van der Waals surface area contributed by atoms with Gasteiger partial charge in [0.1, 0.15) is 0 Å². The number of rotatable bonds is 9. The van der Waals surface area contributed by atoms with Gasteiger partial charge in [-0.15, -0.1) is 0 Å². The van der Waals surface area contributed by atoms with Crippen molar-refractivity contribution in [2.45, 2.75) is 78.2 Å². The van der Waals surface area contributed by atoms with Crippen LogP contribution < -0.4 is 5.32 Å². The van der Waals surface area contributed by atoms with E-state index in [0.717, 1.165) is 44.6 Å². The van der Waals surface area contributed by atoms with Crippen molar-refractivity contribution >= 4 is 17.6 Å². The summed E-state index contributed by atoms with van der Waals surface area (Å²) < 4.78 is 5.36. The molecular formula is C31H50N4O4. The summed E-state index contributed by atoms with van der Waals surface area (Å²) >= 11 is 0. The Balaban J connectivity index is 1.21. The first kappa shape index (κ1) is 28.7. The number of fused-ring (bicyclic) bond motifs is 5. The lowest BCUT2D eigenvalue weighted by Crippen LogP contribution is -2.53. The fourth-order valence-corrected chi connectivity index (χ4v) is 8.93. The Morgan fingerprint density at radius 1 is 1.08 bits per heavy atom. The molecule has 4 aliphatic carbocycles. The quantitative estimate of drug-likeness (QED) is 0.200. The summed E-state index contributed by atoms with van der Waals surface area (Å²) in [7, 11) is 4.11. The van der Waals surface area contributed by atoms with Crippen LogP contribution in [0.4, 0.5) is 4.79 Å². The van der Waals surface area contributed by atoms with Crippen molar-refractivity contribution < 1.29 is 19.2 Å². The monoisotopic (exact) mass is 542 g/mol. The second-order valence-electron chi connectivity index (χ2n) is 13.7. The van der Waals surface area contributed by atoms with Crippen LogP contribution in [-0.2, 0) is 14.4 Å². The third kappa shape index (κ3) is 5.58. The SMILES string of the molecule is C/C(=N\OC(=O)N(CCNCCN(C)C)C1COC1)[C@H]1CC[C@H]2[C@@H]3CCC4=CC(=O)CC[C@]4(C)[C@H]3CC[C@]12C. The zero-order valence-corrected chi connectivity index (χ0v) is 24.8. The summed E-state index contributed by atoms with van der Waals surface area (Å²) in [5, 5.41) is 7.88. The molecule has 4 fully saturated rings. The van der Waals surface area contributed by atoms with Crippen LogP contribution in [0.2, 0.25) is 0 Å². The van der Waals surface area contributed by atoms with E-state index in [9.17, 15) is 9.59 Å². The lowest BCUT2D eigenvalue weighted by atomic mass is 9.46. The Bertz CT molecular complexity index is 991. The molecule has 1 aliphatic heterocycles. The fraction of sp³-hybridized carbons (Fsp3) is 0.839. The molecular weight excluding hydrogens is 492 g/mol. The number of oxime groups is 1. The number of likely N-dealkylation sites (N-methyl/N-ethyl adjacent to an activating group) is 1. The van der Waals surface area contributed by atoms with Gasteiger partial charge in [-0.25, -0.2) is 4.79 Å². The van der Waals surface area contributed by atoms with Crippen molar-refractivity contribution in [1.82, 2.24) is 15.1 Å². The summed E-state index contributed by atoms with van der Waals surface area (Å²) in [5.41, 5.74) is 2.79. The molecule has 0 aromatic heterocycles. The maximum Gasteiger partial charge on any atom is 0.436 e. The Hall–Kier alpha value is -1.77. The highest BCUT2D eigenvalue weighted by molar-refractivity contribution is 5.91. The molecule has 0 aromatic carbocycles. The van der Waals surface area contributed by atoms with Crippen LogP contribution in [0.25, 0.3) is 0 Å². The van der Waals surface area contributed by atoms with Crippen LogP contribution in [0.3, 0.4) is 0 Å². The van der Waals surface area contributed by atoms with E-state index in [4.69, 9.17) is 9.57 Å². The van der Waals surface area contributed by atoms with Gasteiger partial charge >= 0.3 is 6.09 Å². The highest BCUT2D eigenvalue weighted by Gasteiger charge is 2.59. The maximum absolute atomic E-state index is 13.1. The van der Waals surface area contributed by atoms with E-state index >= 15 is 0 Å². The molecule has 1 saturated heterocycles. The zero-order valence-electron chi connectivity index (χ0n) is 24.8. The zero-order chi connectivity index (χ0) is 27.8. The number of amides is 1. The van der Waals surface area contributed by atoms with Gasteiger partial charge in [-0.3, -0.25) is 14.5 Å². The fourth-order valence-electron chi connectivity index (χ4n) is 8.93. The minimum absolute atomic E-state index is 0.0639. The summed E-state index contributed by atoms with van der Waals surface area (Å²) in [6.07, 6.45) is 10.4. The van der Waals surface area contributed by atoms with Gasteiger partial charge in [0.25, 0.3) is 0 Å². The highest BCUT2D eigenvalue weighted by atomic mass is 16.7. The number of allylic oxidation sites excluding steroid dienone is 1. The third-order valence-electron chi connectivity index (χ3n) is 11.3. The van der Waals surface area contributed by atoms with Crippen LogP contribution in [0.1, 0.15) is 72.1 Å². The second-order valence-corrected chi connectivity index (χ2v) is 13.7. The largest absolute Gasteiger partial charge is 0.436 e. The number of ketones is 1. The summed E-state index contributed by atoms with van der Waals surface area (Å²) in [5.74, 6) is 2.75. The smallest absolute Gasteiger partial charge is 0.377 e. The number of carbonyl (C=O) groups excluding carboxylic acids is 2. The van der Waals surface area contributed by atoms with E-state index in [1.54, 1.807) is 4.90 Å². The van der Waals surface area contributed by atoms with E-state index < -0.39 is 0 Å².